The van der Waals surface area contributed by atoms with Crippen LogP contribution < -0.4 is 0 Å². The lowest BCUT2D eigenvalue weighted by atomic mass is 10.2. The monoisotopic (exact) mass is 186 g/mol. The number of nitrogens with zero attached hydrogens (tertiary/aromatic N) is 2. The van der Waals surface area contributed by atoms with Crippen molar-refractivity contribution in [2.24, 2.45) is 0 Å². The molecule has 5 nitrogen and oxygen atoms in total. The number of amides is 2. The molecule has 1 saturated heterocycles. The Morgan fingerprint density at radius 2 is 2.15 bits per heavy atom. The van der Waals surface area contributed by atoms with Crippen LogP contribution in [-0.2, 0) is 9.53 Å². The van der Waals surface area contributed by atoms with E-state index >= 15 is 0 Å². The number of rotatable bonds is 2. The van der Waals surface area contributed by atoms with Crippen LogP contribution in [0.3, 0.4) is 0 Å². The van der Waals surface area contributed by atoms with Gasteiger partial charge in [-0.2, -0.15) is 0 Å². The molecular formula is C8H14N2O3. The summed E-state index contributed by atoms with van der Waals surface area (Å²) in [7, 11) is 0. The quantitative estimate of drug-likeness (QED) is 0.594. The molecule has 2 amide bonds. The van der Waals surface area contributed by atoms with Gasteiger partial charge in [-0.1, -0.05) is 0 Å². The Hall–Kier alpha value is -1.26. The minimum atomic E-state index is -0.436. The summed E-state index contributed by atoms with van der Waals surface area (Å²) in [4.78, 5) is 21.8. The van der Waals surface area contributed by atoms with Crippen molar-refractivity contribution >= 4 is 12.5 Å². The van der Waals surface area contributed by atoms with Crippen LogP contribution in [0.2, 0.25) is 0 Å². The van der Waals surface area contributed by atoms with E-state index in [4.69, 9.17) is 4.74 Å². The smallest absolute Gasteiger partial charge is 0.428 e. The fraction of sp³-hybridized carbons (Fsp3) is 0.750. The molecule has 1 aliphatic rings. The Morgan fingerprint density at radius 1 is 1.46 bits per heavy atom. The molecule has 0 bridgehead atoms. The third kappa shape index (κ3) is 2.34. The average Bonchev–Trinajstić information content (AvgIpc) is 2.18. The molecule has 0 saturated carbocycles. The van der Waals surface area contributed by atoms with Crippen molar-refractivity contribution in [3.63, 3.8) is 0 Å². The molecule has 1 heterocycles. The van der Waals surface area contributed by atoms with Crippen LogP contribution in [0.1, 0.15) is 19.8 Å². The SMILES string of the molecule is CCOC(=O)N1CCCCN1C=O. The van der Waals surface area contributed by atoms with Gasteiger partial charge in [-0.15, -0.1) is 0 Å². The van der Waals surface area contributed by atoms with E-state index in [0.717, 1.165) is 12.8 Å². The van der Waals surface area contributed by atoms with Crippen molar-refractivity contribution in [3.05, 3.63) is 0 Å². The van der Waals surface area contributed by atoms with Crippen molar-refractivity contribution in [2.45, 2.75) is 19.8 Å². The van der Waals surface area contributed by atoms with E-state index in [2.05, 4.69) is 0 Å². The van der Waals surface area contributed by atoms with E-state index in [1.54, 1.807) is 6.92 Å². The van der Waals surface area contributed by atoms with Crippen LogP contribution in [0.4, 0.5) is 4.79 Å². The van der Waals surface area contributed by atoms with Crippen LogP contribution >= 0.6 is 0 Å². The number of carbonyl (C=O) groups excluding carboxylic acids is 2. The lowest BCUT2D eigenvalue weighted by Crippen LogP contribution is -2.49. The normalized spacial score (nSPS) is 17.0. The van der Waals surface area contributed by atoms with Gasteiger partial charge in [0.25, 0.3) is 0 Å². The summed E-state index contributed by atoms with van der Waals surface area (Å²) in [5.41, 5.74) is 0. The Morgan fingerprint density at radius 3 is 2.77 bits per heavy atom. The van der Waals surface area contributed by atoms with Gasteiger partial charge in [-0.3, -0.25) is 9.80 Å². The second-order valence-corrected chi connectivity index (χ2v) is 2.80. The Labute approximate surface area is 77.2 Å². The summed E-state index contributed by atoms with van der Waals surface area (Å²) >= 11 is 0. The summed E-state index contributed by atoms with van der Waals surface area (Å²) in [5, 5.41) is 2.71. The van der Waals surface area contributed by atoms with Crippen molar-refractivity contribution in [1.29, 1.82) is 0 Å². The second kappa shape index (κ2) is 4.69. The molecule has 13 heavy (non-hydrogen) atoms. The molecule has 0 aliphatic carbocycles. The lowest BCUT2D eigenvalue weighted by Gasteiger charge is -2.34. The Kier molecular flexibility index (Phi) is 3.54. The zero-order chi connectivity index (χ0) is 9.68. The second-order valence-electron chi connectivity index (χ2n) is 2.80. The van der Waals surface area contributed by atoms with Gasteiger partial charge in [0.2, 0.25) is 6.41 Å². The topological polar surface area (TPSA) is 49.9 Å². The van der Waals surface area contributed by atoms with E-state index in [9.17, 15) is 9.59 Å². The van der Waals surface area contributed by atoms with Gasteiger partial charge in [-0.05, 0) is 19.8 Å². The summed E-state index contributed by atoms with van der Waals surface area (Å²) in [5.74, 6) is 0. The molecule has 1 rings (SSSR count). The average molecular weight is 186 g/mol. The highest BCUT2D eigenvalue weighted by molar-refractivity contribution is 5.69. The van der Waals surface area contributed by atoms with Crippen LogP contribution in [0.25, 0.3) is 0 Å². The van der Waals surface area contributed by atoms with Crippen LogP contribution in [-0.4, -0.2) is 42.2 Å². The largest absolute Gasteiger partial charge is 0.448 e. The summed E-state index contributed by atoms with van der Waals surface area (Å²) in [6.45, 7) is 3.25. The van der Waals surface area contributed by atoms with Crippen molar-refractivity contribution in [2.75, 3.05) is 19.7 Å². The molecule has 0 N–H and O–H groups in total. The number of carbonyl (C=O) groups is 2. The summed E-state index contributed by atoms with van der Waals surface area (Å²) < 4.78 is 4.80. The first-order chi connectivity index (χ1) is 6.29. The molecule has 0 aromatic heterocycles. The molecule has 0 aromatic rings. The maximum Gasteiger partial charge on any atom is 0.428 e. The number of hydrogen-bond acceptors (Lipinski definition) is 3. The van der Waals surface area contributed by atoms with E-state index < -0.39 is 6.09 Å². The van der Waals surface area contributed by atoms with Gasteiger partial charge in [0.1, 0.15) is 0 Å². The van der Waals surface area contributed by atoms with Gasteiger partial charge >= 0.3 is 6.09 Å². The van der Waals surface area contributed by atoms with Gasteiger partial charge < -0.3 is 4.74 Å². The van der Waals surface area contributed by atoms with Gasteiger partial charge in [0, 0.05) is 13.1 Å². The minimum Gasteiger partial charge on any atom is -0.448 e. The molecule has 0 spiro atoms. The standard InChI is InChI=1S/C8H14N2O3/c1-2-13-8(12)10-6-4-3-5-9(10)7-11/h7H,2-6H2,1H3. The number of ether oxygens (including phenoxy) is 1. The highest BCUT2D eigenvalue weighted by atomic mass is 16.6. The van der Waals surface area contributed by atoms with E-state index in [-0.39, 0.29) is 0 Å². The third-order valence-electron chi connectivity index (χ3n) is 1.92. The van der Waals surface area contributed by atoms with Gasteiger partial charge in [-0.25, -0.2) is 9.80 Å². The highest BCUT2D eigenvalue weighted by Gasteiger charge is 2.23. The molecular weight excluding hydrogens is 172 g/mol. The maximum absolute atomic E-state index is 11.3. The Balaban J connectivity index is 2.53. The predicted molar refractivity (Wildman–Crippen MR) is 45.7 cm³/mol. The molecule has 5 heteroatoms. The molecule has 0 radical (unpaired) electrons. The molecule has 0 atom stereocenters. The van der Waals surface area contributed by atoms with Crippen molar-refractivity contribution < 1.29 is 14.3 Å². The van der Waals surface area contributed by atoms with Crippen LogP contribution in [0, 0.1) is 0 Å². The van der Waals surface area contributed by atoms with E-state index in [1.165, 1.54) is 10.0 Å². The number of hydrogen-bond donors (Lipinski definition) is 0. The predicted octanol–water partition coefficient (Wildman–Crippen LogP) is 0.612. The fourth-order valence-electron chi connectivity index (χ4n) is 1.29. The van der Waals surface area contributed by atoms with Crippen LogP contribution in [0.5, 0.6) is 0 Å². The van der Waals surface area contributed by atoms with E-state index in [1.807, 2.05) is 0 Å². The molecule has 1 fully saturated rings. The Bertz CT molecular complexity index is 196. The first-order valence-corrected chi connectivity index (χ1v) is 4.45. The highest BCUT2D eigenvalue weighted by Crippen LogP contribution is 2.09. The first-order valence-electron chi connectivity index (χ1n) is 4.45. The first kappa shape index (κ1) is 9.83. The summed E-state index contributed by atoms with van der Waals surface area (Å²) in [6, 6.07) is 0. The number of hydrazine groups is 1. The minimum absolute atomic E-state index is 0.335. The van der Waals surface area contributed by atoms with Crippen LogP contribution in [0.15, 0.2) is 0 Å². The zero-order valence-electron chi connectivity index (χ0n) is 7.73. The maximum atomic E-state index is 11.3. The molecule has 0 aromatic carbocycles. The molecule has 0 unspecified atom stereocenters. The van der Waals surface area contributed by atoms with Gasteiger partial charge in [0.05, 0.1) is 6.61 Å². The molecule has 1 aliphatic heterocycles. The third-order valence-corrected chi connectivity index (χ3v) is 1.92. The molecule has 74 valence electrons. The van der Waals surface area contributed by atoms with Gasteiger partial charge in [0.15, 0.2) is 0 Å². The summed E-state index contributed by atoms with van der Waals surface area (Å²) in [6.07, 6.45) is 2.09. The zero-order valence-corrected chi connectivity index (χ0v) is 7.73. The fourth-order valence-corrected chi connectivity index (χ4v) is 1.29. The van der Waals surface area contributed by atoms with E-state index in [0.29, 0.717) is 26.1 Å². The van der Waals surface area contributed by atoms with Crippen molar-refractivity contribution in [3.8, 4) is 0 Å². The van der Waals surface area contributed by atoms with Crippen molar-refractivity contribution in [1.82, 2.24) is 10.0 Å². The lowest BCUT2D eigenvalue weighted by molar-refractivity contribution is -0.135.